The maximum atomic E-state index is 12.5. The van der Waals surface area contributed by atoms with Gasteiger partial charge in [-0.25, -0.2) is 4.79 Å². The number of amides is 1. The third kappa shape index (κ3) is 6.08. The monoisotopic (exact) mass is 460 g/mol. The molecule has 2 saturated heterocycles. The molecule has 0 unspecified atom stereocenters. The van der Waals surface area contributed by atoms with Gasteiger partial charge in [-0.3, -0.25) is 9.69 Å². The molecule has 2 atom stereocenters. The molecular weight excluding hydrogens is 437 g/mol. The Bertz CT molecular complexity index is 884. The number of aliphatic carboxylic acids is 1. The van der Waals surface area contributed by atoms with Crippen LogP contribution in [0, 0.1) is 12.8 Å². The Kier molecular flexibility index (Phi) is 7.39. The SMILES string of the molecule is Cc1ccsc1CN1C[C@@H]2CN(C(=O)c3ccco3)CCO[C@@H]2C1.O=C(O)C(F)(F)F. The molecule has 2 fully saturated rings. The summed E-state index contributed by atoms with van der Waals surface area (Å²) in [5.41, 5.74) is 1.36. The summed E-state index contributed by atoms with van der Waals surface area (Å²) in [6, 6.07) is 5.66. The molecule has 7 nitrogen and oxygen atoms in total. The van der Waals surface area contributed by atoms with Crippen LogP contribution in [0.5, 0.6) is 0 Å². The first-order chi connectivity index (χ1) is 14.6. The smallest absolute Gasteiger partial charge is 0.475 e. The minimum absolute atomic E-state index is 0.0307. The van der Waals surface area contributed by atoms with Crippen LogP contribution < -0.4 is 0 Å². The van der Waals surface area contributed by atoms with Crippen LogP contribution in [0.15, 0.2) is 34.3 Å². The summed E-state index contributed by atoms with van der Waals surface area (Å²) in [5.74, 6) is -2.01. The number of carboxylic acids is 1. The maximum Gasteiger partial charge on any atom is 0.490 e. The Morgan fingerprint density at radius 3 is 2.58 bits per heavy atom. The van der Waals surface area contributed by atoms with Crippen LogP contribution in [0.1, 0.15) is 21.0 Å². The number of hydrogen-bond donors (Lipinski definition) is 1. The predicted octanol–water partition coefficient (Wildman–Crippen LogP) is 3.26. The molecule has 0 saturated carbocycles. The number of carbonyl (C=O) groups is 2. The number of fused-ring (bicyclic) bond motifs is 1. The fourth-order valence-corrected chi connectivity index (χ4v) is 4.57. The van der Waals surface area contributed by atoms with E-state index in [4.69, 9.17) is 19.1 Å². The average molecular weight is 460 g/mol. The number of carboxylic acid groups (broad SMARTS) is 1. The number of aryl methyl sites for hydroxylation is 1. The fraction of sp³-hybridized carbons (Fsp3) is 0.500. The lowest BCUT2D eigenvalue weighted by Crippen LogP contribution is -2.37. The number of rotatable bonds is 3. The second kappa shape index (κ2) is 9.84. The Hall–Kier alpha value is -2.37. The van der Waals surface area contributed by atoms with E-state index >= 15 is 0 Å². The molecule has 0 aromatic carbocycles. The van der Waals surface area contributed by atoms with E-state index in [1.165, 1.54) is 10.4 Å². The molecule has 0 bridgehead atoms. The number of hydrogen-bond acceptors (Lipinski definition) is 6. The molecule has 2 aliphatic rings. The second-order valence-corrected chi connectivity index (χ2v) is 8.42. The number of likely N-dealkylation sites (tertiary alicyclic amines) is 1. The summed E-state index contributed by atoms with van der Waals surface area (Å²) >= 11 is 1.82. The molecule has 0 radical (unpaired) electrons. The van der Waals surface area contributed by atoms with Crippen LogP contribution in [-0.4, -0.2) is 71.8 Å². The summed E-state index contributed by atoms with van der Waals surface area (Å²) in [6.07, 6.45) is -3.31. The van der Waals surface area contributed by atoms with E-state index in [1.54, 1.807) is 18.4 Å². The molecule has 2 aromatic heterocycles. The zero-order valence-electron chi connectivity index (χ0n) is 16.8. The third-order valence-corrected chi connectivity index (χ3v) is 6.21. The highest BCUT2D eigenvalue weighted by atomic mass is 32.1. The van der Waals surface area contributed by atoms with Crippen molar-refractivity contribution in [2.45, 2.75) is 25.7 Å². The van der Waals surface area contributed by atoms with Gasteiger partial charge in [0.25, 0.3) is 5.91 Å². The summed E-state index contributed by atoms with van der Waals surface area (Å²) in [7, 11) is 0. The maximum absolute atomic E-state index is 12.5. The largest absolute Gasteiger partial charge is 0.490 e. The van der Waals surface area contributed by atoms with E-state index in [2.05, 4.69) is 23.3 Å². The van der Waals surface area contributed by atoms with Gasteiger partial charge in [-0.05, 0) is 36.1 Å². The summed E-state index contributed by atoms with van der Waals surface area (Å²) in [5, 5.41) is 9.28. The van der Waals surface area contributed by atoms with E-state index in [0.717, 1.165) is 26.2 Å². The van der Waals surface area contributed by atoms with Crippen LogP contribution in [0.25, 0.3) is 0 Å². The van der Waals surface area contributed by atoms with Gasteiger partial charge in [0.2, 0.25) is 0 Å². The van der Waals surface area contributed by atoms with Gasteiger partial charge in [-0.15, -0.1) is 11.3 Å². The van der Waals surface area contributed by atoms with E-state index in [0.29, 0.717) is 24.8 Å². The number of halogens is 3. The molecule has 0 aliphatic carbocycles. The zero-order valence-corrected chi connectivity index (χ0v) is 17.6. The van der Waals surface area contributed by atoms with Gasteiger partial charge in [0.15, 0.2) is 5.76 Å². The highest BCUT2D eigenvalue weighted by Gasteiger charge is 2.39. The van der Waals surface area contributed by atoms with E-state index in [1.807, 2.05) is 16.2 Å². The Labute approximate surface area is 181 Å². The van der Waals surface area contributed by atoms with Crippen molar-refractivity contribution >= 4 is 23.2 Å². The molecule has 4 heterocycles. The summed E-state index contributed by atoms with van der Waals surface area (Å²) in [4.78, 5) is 27.2. The van der Waals surface area contributed by atoms with Crippen molar-refractivity contribution in [2.24, 2.45) is 5.92 Å². The van der Waals surface area contributed by atoms with Crippen molar-refractivity contribution in [1.29, 1.82) is 0 Å². The third-order valence-electron chi connectivity index (χ3n) is 5.20. The highest BCUT2D eigenvalue weighted by molar-refractivity contribution is 7.10. The number of nitrogens with zero attached hydrogens (tertiary/aromatic N) is 2. The number of carbonyl (C=O) groups excluding carboxylic acids is 1. The van der Waals surface area contributed by atoms with Crippen molar-refractivity contribution in [1.82, 2.24) is 9.80 Å². The second-order valence-electron chi connectivity index (χ2n) is 7.42. The summed E-state index contributed by atoms with van der Waals surface area (Å²) in [6.45, 7) is 7.04. The molecule has 4 rings (SSSR count). The summed E-state index contributed by atoms with van der Waals surface area (Å²) < 4.78 is 43.0. The Morgan fingerprint density at radius 1 is 1.26 bits per heavy atom. The molecule has 0 spiro atoms. The highest BCUT2D eigenvalue weighted by Crippen LogP contribution is 2.27. The normalized spacial score (nSPS) is 21.7. The van der Waals surface area contributed by atoms with Gasteiger partial charge >= 0.3 is 12.1 Å². The van der Waals surface area contributed by atoms with E-state index < -0.39 is 12.1 Å². The zero-order chi connectivity index (χ0) is 22.6. The number of alkyl halides is 3. The topological polar surface area (TPSA) is 83.2 Å². The van der Waals surface area contributed by atoms with E-state index in [9.17, 15) is 18.0 Å². The lowest BCUT2D eigenvalue weighted by Gasteiger charge is -2.22. The van der Waals surface area contributed by atoms with Gasteiger partial charge in [0, 0.05) is 43.5 Å². The van der Waals surface area contributed by atoms with Crippen LogP contribution in [0.4, 0.5) is 13.2 Å². The van der Waals surface area contributed by atoms with Gasteiger partial charge in [-0.2, -0.15) is 13.2 Å². The minimum atomic E-state index is -5.08. The predicted molar refractivity (Wildman–Crippen MR) is 106 cm³/mol. The lowest BCUT2D eigenvalue weighted by atomic mass is 10.1. The molecule has 2 aliphatic heterocycles. The first kappa shape index (κ1) is 23.3. The molecule has 1 N–H and O–H groups in total. The van der Waals surface area contributed by atoms with Crippen molar-refractivity contribution in [2.75, 3.05) is 32.8 Å². The molecular formula is C20H23F3N2O5S. The minimum Gasteiger partial charge on any atom is -0.475 e. The van der Waals surface area contributed by atoms with Gasteiger partial charge in [0.1, 0.15) is 0 Å². The van der Waals surface area contributed by atoms with Gasteiger partial charge < -0.3 is 19.2 Å². The molecule has 31 heavy (non-hydrogen) atoms. The number of furan rings is 1. The van der Waals surface area contributed by atoms with Gasteiger partial charge in [0.05, 0.1) is 19.0 Å². The molecule has 2 aromatic rings. The first-order valence-corrected chi connectivity index (χ1v) is 10.5. The van der Waals surface area contributed by atoms with Crippen molar-refractivity contribution in [3.05, 3.63) is 46.0 Å². The van der Waals surface area contributed by atoms with Crippen LogP contribution in [0.3, 0.4) is 0 Å². The van der Waals surface area contributed by atoms with E-state index in [-0.39, 0.29) is 12.0 Å². The molecule has 11 heteroatoms. The van der Waals surface area contributed by atoms with Crippen molar-refractivity contribution < 1.29 is 37.0 Å². The van der Waals surface area contributed by atoms with Crippen LogP contribution in [-0.2, 0) is 16.1 Å². The Balaban J connectivity index is 0.000000339. The number of thiophene rings is 1. The number of ether oxygens (including phenoxy) is 1. The lowest BCUT2D eigenvalue weighted by molar-refractivity contribution is -0.192. The Morgan fingerprint density at radius 2 is 2.00 bits per heavy atom. The van der Waals surface area contributed by atoms with Crippen molar-refractivity contribution in [3.8, 4) is 0 Å². The van der Waals surface area contributed by atoms with Gasteiger partial charge in [-0.1, -0.05) is 0 Å². The molecule has 170 valence electrons. The molecule has 1 amide bonds. The fourth-order valence-electron chi connectivity index (χ4n) is 3.62. The van der Waals surface area contributed by atoms with Crippen molar-refractivity contribution in [3.63, 3.8) is 0 Å². The van der Waals surface area contributed by atoms with Crippen LogP contribution in [0.2, 0.25) is 0 Å². The average Bonchev–Trinajstić information content (AvgIpc) is 3.42. The first-order valence-electron chi connectivity index (χ1n) is 9.65. The quantitative estimate of drug-likeness (QED) is 0.757. The van der Waals surface area contributed by atoms with Crippen LogP contribution >= 0.6 is 11.3 Å². The standard InChI is InChI=1S/C18H22N2O3S.C2HF3O2/c1-13-4-8-24-17(13)12-19-9-14-10-20(5-7-23-16(14)11-19)18(21)15-3-2-6-22-15;3-2(4,5)1(6)7/h2-4,6,8,14,16H,5,7,9-12H2,1H3;(H,6,7)/t14-,16-;/m1./s1.